The van der Waals surface area contributed by atoms with Gasteiger partial charge in [0.1, 0.15) is 5.54 Å². The molecule has 0 bridgehead atoms. The third kappa shape index (κ3) is 1.18. The summed E-state index contributed by atoms with van der Waals surface area (Å²) in [6.45, 7) is 1.50. The molecule has 2 atom stereocenters. The van der Waals surface area contributed by atoms with Crippen molar-refractivity contribution in [2.45, 2.75) is 44.6 Å². The molecule has 3 nitrogen and oxygen atoms in total. The van der Waals surface area contributed by atoms with Crippen molar-refractivity contribution in [1.29, 1.82) is 0 Å². The number of carbonyl (C=O) groups excluding carboxylic acids is 2. The van der Waals surface area contributed by atoms with Gasteiger partial charge in [-0.25, -0.2) is 0 Å². The summed E-state index contributed by atoms with van der Waals surface area (Å²) in [6.07, 6.45) is 4.67. The molecule has 0 unspecified atom stereocenters. The lowest BCUT2D eigenvalue weighted by Gasteiger charge is -2.28. The first-order chi connectivity index (χ1) is 6.15. The lowest BCUT2D eigenvalue weighted by atomic mass is 9.89. The van der Waals surface area contributed by atoms with Crippen LogP contribution in [0, 0.1) is 5.92 Å². The van der Waals surface area contributed by atoms with Gasteiger partial charge in [-0.05, 0) is 25.2 Å². The van der Waals surface area contributed by atoms with E-state index in [1.54, 1.807) is 0 Å². The molecular weight excluding hydrogens is 166 g/mol. The Balaban J connectivity index is 2.24. The zero-order valence-electron chi connectivity index (χ0n) is 7.93. The summed E-state index contributed by atoms with van der Waals surface area (Å²) < 4.78 is 0. The molecule has 2 aliphatic rings. The van der Waals surface area contributed by atoms with E-state index in [0.29, 0.717) is 12.3 Å². The van der Waals surface area contributed by atoms with Crippen LogP contribution in [-0.4, -0.2) is 17.2 Å². The van der Waals surface area contributed by atoms with Gasteiger partial charge in [0.25, 0.3) is 0 Å². The Labute approximate surface area is 77.9 Å². The number of Topliss-reactive ketones (excluding diaryl/α,β-unsaturated/α-hetero) is 1. The van der Waals surface area contributed by atoms with Crippen molar-refractivity contribution in [3.8, 4) is 0 Å². The zero-order chi connectivity index (χ0) is 9.47. The largest absolute Gasteiger partial charge is 0.344 e. The van der Waals surface area contributed by atoms with Crippen molar-refractivity contribution in [2.24, 2.45) is 5.92 Å². The minimum atomic E-state index is -0.453. The molecule has 0 radical (unpaired) electrons. The number of rotatable bonds is 1. The summed E-state index contributed by atoms with van der Waals surface area (Å²) in [5, 5.41) is 2.88. The van der Waals surface area contributed by atoms with Gasteiger partial charge in [-0.1, -0.05) is 6.42 Å². The van der Waals surface area contributed by atoms with Gasteiger partial charge in [-0.3, -0.25) is 9.59 Å². The van der Waals surface area contributed by atoms with Crippen molar-refractivity contribution >= 4 is 11.7 Å². The molecule has 0 spiro atoms. The monoisotopic (exact) mass is 181 g/mol. The Morgan fingerprint density at radius 2 is 2.31 bits per heavy atom. The molecule has 0 aliphatic heterocycles. The summed E-state index contributed by atoms with van der Waals surface area (Å²) in [5.41, 5.74) is -0.453. The maximum absolute atomic E-state index is 11.7. The minimum absolute atomic E-state index is 0.0675. The molecule has 0 saturated heterocycles. The molecule has 0 aromatic rings. The first kappa shape index (κ1) is 8.73. The molecule has 2 fully saturated rings. The van der Waals surface area contributed by atoms with Crippen molar-refractivity contribution in [2.75, 3.05) is 0 Å². The summed E-state index contributed by atoms with van der Waals surface area (Å²) >= 11 is 0. The highest BCUT2D eigenvalue weighted by molar-refractivity contribution is 5.95. The van der Waals surface area contributed by atoms with Crippen LogP contribution in [0.3, 0.4) is 0 Å². The molecule has 2 aliphatic carbocycles. The van der Waals surface area contributed by atoms with Crippen molar-refractivity contribution in [3.05, 3.63) is 0 Å². The van der Waals surface area contributed by atoms with E-state index in [1.807, 2.05) is 0 Å². The molecule has 2 rings (SSSR count). The Bertz CT molecular complexity index is 262. The average molecular weight is 181 g/mol. The third-order valence-electron chi connectivity index (χ3n) is 3.44. The summed E-state index contributed by atoms with van der Waals surface area (Å²) in [4.78, 5) is 22.7. The molecular formula is C10H15NO2. The van der Waals surface area contributed by atoms with Gasteiger partial charge in [0.05, 0.1) is 0 Å². The van der Waals surface area contributed by atoms with Gasteiger partial charge < -0.3 is 5.32 Å². The molecule has 0 aromatic heterocycles. The van der Waals surface area contributed by atoms with E-state index >= 15 is 0 Å². The van der Waals surface area contributed by atoms with E-state index in [1.165, 1.54) is 6.92 Å². The van der Waals surface area contributed by atoms with E-state index < -0.39 is 5.54 Å². The Morgan fingerprint density at radius 1 is 1.54 bits per heavy atom. The van der Waals surface area contributed by atoms with Crippen molar-refractivity contribution in [3.63, 3.8) is 0 Å². The van der Waals surface area contributed by atoms with Crippen molar-refractivity contribution < 1.29 is 9.59 Å². The van der Waals surface area contributed by atoms with Gasteiger partial charge in [0.2, 0.25) is 5.91 Å². The van der Waals surface area contributed by atoms with Crippen LogP contribution < -0.4 is 5.32 Å². The normalized spacial score (nSPS) is 37.6. The average Bonchev–Trinajstić information content (AvgIpc) is 2.53. The van der Waals surface area contributed by atoms with E-state index in [2.05, 4.69) is 5.32 Å². The second-order valence-corrected chi connectivity index (χ2v) is 4.20. The zero-order valence-corrected chi connectivity index (χ0v) is 7.93. The Kier molecular flexibility index (Phi) is 1.90. The second-order valence-electron chi connectivity index (χ2n) is 4.20. The number of carbonyl (C=O) groups is 2. The molecule has 0 aromatic carbocycles. The number of nitrogens with one attached hydrogen (secondary N) is 1. The van der Waals surface area contributed by atoms with E-state index in [0.717, 1.165) is 25.7 Å². The molecule has 13 heavy (non-hydrogen) atoms. The highest BCUT2D eigenvalue weighted by atomic mass is 16.2. The molecule has 1 amide bonds. The smallest absolute Gasteiger partial charge is 0.217 e. The van der Waals surface area contributed by atoms with Crippen LogP contribution >= 0.6 is 0 Å². The van der Waals surface area contributed by atoms with Crippen LogP contribution in [0.25, 0.3) is 0 Å². The molecule has 1 N–H and O–H groups in total. The summed E-state index contributed by atoms with van der Waals surface area (Å²) in [6, 6.07) is 0. The van der Waals surface area contributed by atoms with Crippen LogP contribution in [0.2, 0.25) is 0 Å². The Morgan fingerprint density at radius 3 is 3.00 bits per heavy atom. The highest BCUT2D eigenvalue weighted by Gasteiger charge is 2.52. The van der Waals surface area contributed by atoms with Gasteiger partial charge >= 0.3 is 0 Å². The predicted molar refractivity (Wildman–Crippen MR) is 48.1 cm³/mol. The molecule has 2 saturated carbocycles. The lowest BCUT2D eigenvalue weighted by Crippen LogP contribution is -2.52. The topological polar surface area (TPSA) is 46.2 Å². The van der Waals surface area contributed by atoms with Crippen LogP contribution in [0.4, 0.5) is 0 Å². The second kappa shape index (κ2) is 2.82. The molecule has 72 valence electrons. The highest BCUT2D eigenvalue weighted by Crippen LogP contribution is 2.45. The standard InChI is InChI=1S/C10H15NO2/c1-7(12)11-10-6-2-3-8(10)4-5-9(10)13/h8H,2-6H2,1H3,(H,11,12)/t8-,10+/m0/s1. The minimum Gasteiger partial charge on any atom is -0.344 e. The van der Waals surface area contributed by atoms with Crippen LogP contribution in [0.5, 0.6) is 0 Å². The number of amides is 1. The fourth-order valence-electron chi connectivity index (χ4n) is 2.91. The quantitative estimate of drug-likeness (QED) is 0.656. The van der Waals surface area contributed by atoms with Crippen LogP contribution in [0.1, 0.15) is 39.0 Å². The number of ketones is 1. The molecule has 3 heteroatoms. The van der Waals surface area contributed by atoms with Gasteiger partial charge in [0, 0.05) is 13.3 Å². The predicted octanol–water partition coefficient (Wildman–Crippen LogP) is 1.02. The fraction of sp³-hybridized carbons (Fsp3) is 0.800. The van der Waals surface area contributed by atoms with Gasteiger partial charge in [-0.15, -0.1) is 0 Å². The maximum Gasteiger partial charge on any atom is 0.217 e. The van der Waals surface area contributed by atoms with Crippen LogP contribution in [0.15, 0.2) is 0 Å². The van der Waals surface area contributed by atoms with Gasteiger partial charge in [0.15, 0.2) is 5.78 Å². The maximum atomic E-state index is 11.7. The van der Waals surface area contributed by atoms with Crippen molar-refractivity contribution in [1.82, 2.24) is 5.32 Å². The van der Waals surface area contributed by atoms with Gasteiger partial charge in [-0.2, -0.15) is 0 Å². The lowest BCUT2D eigenvalue weighted by molar-refractivity contribution is -0.129. The van der Waals surface area contributed by atoms with E-state index in [-0.39, 0.29) is 11.7 Å². The number of fused-ring (bicyclic) bond motifs is 1. The molecule has 0 heterocycles. The third-order valence-corrected chi connectivity index (χ3v) is 3.44. The van der Waals surface area contributed by atoms with E-state index in [9.17, 15) is 9.59 Å². The number of hydrogen-bond acceptors (Lipinski definition) is 2. The number of hydrogen-bond donors (Lipinski definition) is 1. The van der Waals surface area contributed by atoms with Crippen LogP contribution in [-0.2, 0) is 9.59 Å². The Hall–Kier alpha value is -0.860. The first-order valence-electron chi connectivity index (χ1n) is 4.97. The fourth-order valence-corrected chi connectivity index (χ4v) is 2.91. The first-order valence-corrected chi connectivity index (χ1v) is 4.97. The van der Waals surface area contributed by atoms with E-state index in [4.69, 9.17) is 0 Å². The summed E-state index contributed by atoms with van der Waals surface area (Å²) in [7, 11) is 0. The summed E-state index contributed by atoms with van der Waals surface area (Å²) in [5.74, 6) is 0.608. The SMILES string of the molecule is CC(=O)N[C@]12CCC[C@H]1CCC2=O.